The molecule has 1 unspecified atom stereocenters. The Morgan fingerprint density at radius 3 is 2.96 bits per heavy atom. The number of rotatable bonds is 7. The second-order valence-electron chi connectivity index (χ2n) is 5.79. The number of carboxylic acids is 1. The van der Waals surface area contributed by atoms with Crippen LogP contribution in [0.15, 0.2) is 29.7 Å². The van der Waals surface area contributed by atoms with Crippen LogP contribution in [-0.2, 0) is 14.8 Å². The molecule has 6 nitrogen and oxygen atoms in total. The largest absolute Gasteiger partial charge is 0.480 e. The summed E-state index contributed by atoms with van der Waals surface area (Å²) in [6, 6.07) is 6.97. The fourth-order valence-electron chi connectivity index (χ4n) is 2.67. The highest BCUT2D eigenvalue weighted by molar-refractivity contribution is 7.92. The summed E-state index contributed by atoms with van der Waals surface area (Å²) in [6.07, 6.45) is 3.19. The molecule has 0 bridgehead atoms. The number of carbonyl (C=O) groups is 1. The van der Waals surface area contributed by atoms with Crippen LogP contribution in [0.4, 0.5) is 0 Å². The number of carboxylic acid groups (broad SMARTS) is 1. The van der Waals surface area contributed by atoms with E-state index in [9.17, 15) is 13.2 Å². The van der Waals surface area contributed by atoms with Crippen molar-refractivity contribution < 1.29 is 18.3 Å². The van der Waals surface area contributed by atoms with E-state index in [2.05, 4.69) is 5.32 Å². The van der Waals surface area contributed by atoms with Crippen molar-refractivity contribution in [3.63, 3.8) is 0 Å². The molecular formula is C16H21ClN2O4S. The van der Waals surface area contributed by atoms with Crippen LogP contribution >= 0.6 is 11.6 Å². The van der Waals surface area contributed by atoms with Gasteiger partial charge in [-0.1, -0.05) is 23.7 Å². The molecule has 1 atom stereocenters. The van der Waals surface area contributed by atoms with Gasteiger partial charge in [-0.3, -0.25) is 4.79 Å². The smallest absolute Gasteiger partial charge is 0.317 e. The quantitative estimate of drug-likeness (QED) is 0.764. The third-order valence-corrected chi connectivity index (χ3v) is 5.60. The van der Waals surface area contributed by atoms with E-state index in [1.807, 2.05) is 0 Å². The highest BCUT2D eigenvalue weighted by atomic mass is 35.5. The van der Waals surface area contributed by atoms with Crippen molar-refractivity contribution in [2.75, 3.05) is 26.2 Å². The summed E-state index contributed by atoms with van der Waals surface area (Å²) in [5.74, 6) is -0.799. The van der Waals surface area contributed by atoms with Gasteiger partial charge in [0, 0.05) is 23.5 Å². The fraction of sp³-hybridized carbons (Fsp3) is 0.438. The summed E-state index contributed by atoms with van der Waals surface area (Å²) < 4.78 is 26.4. The van der Waals surface area contributed by atoms with Crippen LogP contribution in [0, 0.1) is 5.92 Å². The Morgan fingerprint density at radius 1 is 1.46 bits per heavy atom. The van der Waals surface area contributed by atoms with Gasteiger partial charge < -0.3 is 10.4 Å². The Kier molecular flexibility index (Phi) is 6.79. The van der Waals surface area contributed by atoms with Crippen LogP contribution in [0.3, 0.4) is 0 Å². The number of piperidine rings is 1. The van der Waals surface area contributed by atoms with E-state index in [1.165, 1.54) is 15.8 Å². The van der Waals surface area contributed by atoms with Crippen LogP contribution in [-0.4, -0.2) is 50.0 Å². The molecule has 0 radical (unpaired) electrons. The third-order valence-electron chi connectivity index (χ3n) is 3.83. The molecule has 132 valence electrons. The SMILES string of the molecule is O=C(O)CNCC1CCCN(S(=O)(=O)/C=C/c2cccc(Cl)c2)C1. The summed E-state index contributed by atoms with van der Waals surface area (Å²) in [6.45, 7) is 1.26. The molecule has 1 aromatic carbocycles. The summed E-state index contributed by atoms with van der Waals surface area (Å²) in [5.41, 5.74) is 0.725. The van der Waals surface area contributed by atoms with E-state index in [4.69, 9.17) is 16.7 Å². The Morgan fingerprint density at radius 2 is 2.25 bits per heavy atom. The summed E-state index contributed by atoms with van der Waals surface area (Å²) >= 11 is 5.89. The second-order valence-corrected chi connectivity index (χ2v) is 8.05. The summed E-state index contributed by atoms with van der Waals surface area (Å²) in [5, 5.41) is 13.2. The zero-order chi connectivity index (χ0) is 17.6. The maximum atomic E-state index is 12.5. The van der Waals surface area contributed by atoms with E-state index in [1.54, 1.807) is 24.3 Å². The topological polar surface area (TPSA) is 86.7 Å². The lowest BCUT2D eigenvalue weighted by molar-refractivity contribution is -0.136. The van der Waals surface area contributed by atoms with Crippen molar-refractivity contribution >= 4 is 33.7 Å². The van der Waals surface area contributed by atoms with Crippen molar-refractivity contribution in [2.24, 2.45) is 5.92 Å². The molecule has 24 heavy (non-hydrogen) atoms. The van der Waals surface area contributed by atoms with E-state index >= 15 is 0 Å². The predicted molar refractivity (Wildman–Crippen MR) is 94.2 cm³/mol. The number of nitrogens with one attached hydrogen (secondary N) is 1. The highest BCUT2D eigenvalue weighted by Crippen LogP contribution is 2.20. The van der Waals surface area contributed by atoms with Gasteiger partial charge in [0.1, 0.15) is 0 Å². The van der Waals surface area contributed by atoms with Gasteiger partial charge in [-0.25, -0.2) is 8.42 Å². The van der Waals surface area contributed by atoms with Gasteiger partial charge in [0.25, 0.3) is 0 Å². The van der Waals surface area contributed by atoms with Crippen molar-refractivity contribution in [3.05, 3.63) is 40.3 Å². The molecule has 1 aliphatic heterocycles. The standard InChI is InChI=1S/C16H21ClN2O4S/c17-15-5-1-3-13(9-15)6-8-24(22,23)19-7-2-4-14(12-19)10-18-11-16(20)21/h1,3,5-6,8-9,14,18H,2,4,7,10-12H2,(H,20,21)/b8-6+. The Bertz CT molecular complexity index is 706. The number of hydrogen-bond donors (Lipinski definition) is 2. The molecule has 2 N–H and O–H groups in total. The van der Waals surface area contributed by atoms with E-state index < -0.39 is 16.0 Å². The molecule has 0 amide bonds. The first-order chi connectivity index (χ1) is 11.4. The maximum Gasteiger partial charge on any atom is 0.317 e. The minimum atomic E-state index is -3.50. The molecule has 0 aliphatic carbocycles. The minimum Gasteiger partial charge on any atom is -0.480 e. The fourth-order valence-corrected chi connectivity index (χ4v) is 4.17. The van der Waals surface area contributed by atoms with Crippen LogP contribution in [0.1, 0.15) is 18.4 Å². The summed E-state index contributed by atoms with van der Waals surface area (Å²) in [4.78, 5) is 10.5. The molecule has 1 fully saturated rings. The number of benzene rings is 1. The van der Waals surface area contributed by atoms with E-state index in [-0.39, 0.29) is 12.5 Å². The molecule has 1 aliphatic rings. The number of aliphatic carboxylic acids is 1. The van der Waals surface area contributed by atoms with Gasteiger partial charge in [0.05, 0.1) is 6.54 Å². The Balaban J connectivity index is 1.96. The van der Waals surface area contributed by atoms with Gasteiger partial charge in [-0.15, -0.1) is 0 Å². The van der Waals surface area contributed by atoms with Gasteiger partial charge in [-0.2, -0.15) is 4.31 Å². The molecule has 1 heterocycles. The molecule has 0 aromatic heterocycles. The molecule has 1 saturated heterocycles. The molecular weight excluding hydrogens is 352 g/mol. The van der Waals surface area contributed by atoms with Crippen LogP contribution in [0.5, 0.6) is 0 Å². The average Bonchev–Trinajstić information content (AvgIpc) is 2.53. The third kappa shape index (κ3) is 5.90. The van der Waals surface area contributed by atoms with Crippen molar-refractivity contribution in [2.45, 2.75) is 12.8 Å². The van der Waals surface area contributed by atoms with Crippen molar-refractivity contribution in [3.8, 4) is 0 Å². The van der Waals surface area contributed by atoms with Gasteiger partial charge >= 0.3 is 5.97 Å². The van der Waals surface area contributed by atoms with Gasteiger partial charge in [-0.05, 0) is 49.1 Å². The number of nitrogens with zero attached hydrogens (tertiary/aromatic N) is 1. The molecule has 2 rings (SSSR count). The molecule has 1 aromatic rings. The Hall–Kier alpha value is -1.41. The lowest BCUT2D eigenvalue weighted by Crippen LogP contribution is -2.42. The van der Waals surface area contributed by atoms with Crippen LogP contribution in [0.25, 0.3) is 6.08 Å². The van der Waals surface area contributed by atoms with Gasteiger partial charge in [0.2, 0.25) is 10.0 Å². The van der Waals surface area contributed by atoms with Crippen LogP contribution < -0.4 is 5.32 Å². The van der Waals surface area contributed by atoms with E-state index in [0.717, 1.165) is 18.4 Å². The van der Waals surface area contributed by atoms with Gasteiger partial charge in [0.15, 0.2) is 0 Å². The lowest BCUT2D eigenvalue weighted by atomic mass is 10.00. The van der Waals surface area contributed by atoms with Crippen molar-refractivity contribution in [1.82, 2.24) is 9.62 Å². The summed E-state index contributed by atoms with van der Waals surface area (Å²) in [7, 11) is -3.50. The highest BCUT2D eigenvalue weighted by Gasteiger charge is 2.27. The molecule has 8 heteroatoms. The minimum absolute atomic E-state index is 0.113. The number of hydrogen-bond acceptors (Lipinski definition) is 4. The monoisotopic (exact) mass is 372 g/mol. The predicted octanol–water partition coefficient (Wildman–Crippen LogP) is 2.03. The van der Waals surface area contributed by atoms with Crippen molar-refractivity contribution in [1.29, 1.82) is 0 Å². The number of halogens is 1. The normalized spacial score (nSPS) is 19.6. The molecule has 0 saturated carbocycles. The average molecular weight is 373 g/mol. The van der Waals surface area contributed by atoms with Crippen LogP contribution in [0.2, 0.25) is 5.02 Å². The Labute approximate surface area is 147 Å². The first kappa shape index (κ1) is 18.9. The first-order valence-corrected chi connectivity index (χ1v) is 9.61. The zero-order valence-corrected chi connectivity index (χ0v) is 14.8. The number of sulfonamides is 1. The first-order valence-electron chi connectivity index (χ1n) is 7.73. The second kappa shape index (κ2) is 8.62. The molecule has 0 spiro atoms. The zero-order valence-electron chi connectivity index (χ0n) is 13.2. The lowest BCUT2D eigenvalue weighted by Gasteiger charge is -2.31. The maximum absolute atomic E-state index is 12.5. The van der Waals surface area contributed by atoms with E-state index in [0.29, 0.717) is 24.7 Å².